The van der Waals surface area contributed by atoms with Crippen molar-refractivity contribution >= 4 is 12.0 Å². The number of ether oxygens (including phenoxy) is 1. The Hall–Kier alpha value is -1.83. The molecule has 1 aromatic rings. The van der Waals surface area contributed by atoms with E-state index in [0.717, 1.165) is 18.4 Å². The summed E-state index contributed by atoms with van der Waals surface area (Å²) in [5.74, 6) is -0.220. The van der Waals surface area contributed by atoms with E-state index in [-0.39, 0.29) is 18.0 Å². The number of hydrogen-bond acceptors (Lipinski definition) is 2. The van der Waals surface area contributed by atoms with Gasteiger partial charge < -0.3 is 4.74 Å². The predicted octanol–water partition coefficient (Wildman–Crippen LogP) is 5.55. The van der Waals surface area contributed by atoms with Gasteiger partial charge in [0.15, 0.2) is 0 Å². The largest absolute Gasteiger partial charge is 0.458 e. The quantitative estimate of drug-likeness (QED) is 0.339. The zero-order valence-electron chi connectivity index (χ0n) is 14.2. The van der Waals surface area contributed by atoms with Crippen molar-refractivity contribution < 1.29 is 9.53 Å². The molecule has 0 saturated carbocycles. The van der Waals surface area contributed by atoms with Crippen LogP contribution in [-0.4, -0.2) is 12.1 Å². The van der Waals surface area contributed by atoms with Gasteiger partial charge in [0.1, 0.15) is 6.10 Å². The molecular weight excluding hydrogens is 284 g/mol. The van der Waals surface area contributed by atoms with E-state index >= 15 is 0 Å². The molecule has 0 aromatic heterocycles. The van der Waals surface area contributed by atoms with Gasteiger partial charge in [0.05, 0.1) is 0 Å². The van der Waals surface area contributed by atoms with Crippen molar-refractivity contribution in [2.45, 2.75) is 58.0 Å². The molecule has 1 aliphatic heterocycles. The molecular formula is C21H28O2. The van der Waals surface area contributed by atoms with Gasteiger partial charge in [-0.2, -0.15) is 0 Å². The molecule has 0 unspecified atom stereocenters. The second-order valence-electron chi connectivity index (χ2n) is 6.32. The maximum absolute atomic E-state index is 11.8. The second kappa shape index (κ2) is 9.34. The topological polar surface area (TPSA) is 26.3 Å². The minimum atomic E-state index is -0.233. The van der Waals surface area contributed by atoms with Gasteiger partial charge >= 0.3 is 5.97 Å². The summed E-state index contributed by atoms with van der Waals surface area (Å²) in [7, 11) is 0. The molecule has 1 heterocycles. The Bertz CT molecular complexity index is 530. The highest BCUT2D eigenvalue weighted by Crippen LogP contribution is 2.31. The first kappa shape index (κ1) is 17.5. The normalized spacial score (nSPS) is 21.1. The second-order valence-corrected chi connectivity index (χ2v) is 6.32. The van der Waals surface area contributed by atoms with Gasteiger partial charge in [-0.3, -0.25) is 0 Å². The van der Waals surface area contributed by atoms with E-state index in [2.05, 4.69) is 37.8 Å². The summed E-state index contributed by atoms with van der Waals surface area (Å²) in [5, 5.41) is 0. The van der Waals surface area contributed by atoms with E-state index < -0.39 is 0 Å². The van der Waals surface area contributed by atoms with Crippen LogP contribution in [0.1, 0.15) is 57.4 Å². The molecule has 124 valence electrons. The van der Waals surface area contributed by atoms with Crippen molar-refractivity contribution in [1.82, 2.24) is 0 Å². The first-order valence-electron chi connectivity index (χ1n) is 8.85. The van der Waals surface area contributed by atoms with Crippen LogP contribution in [0.5, 0.6) is 0 Å². The molecule has 0 amide bonds. The van der Waals surface area contributed by atoms with Gasteiger partial charge in [-0.15, -0.1) is 0 Å². The Morgan fingerprint density at radius 2 is 1.78 bits per heavy atom. The highest BCUT2D eigenvalue weighted by Gasteiger charge is 2.36. The average molecular weight is 312 g/mol. The van der Waals surface area contributed by atoms with Crippen molar-refractivity contribution in [3.05, 3.63) is 54.1 Å². The van der Waals surface area contributed by atoms with Crippen molar-refractivity contribution in [2.75, 3.05) is 0 Å². The fourth-order valence-corrected chi connectivity index (χ4v) is 3.03. The van der Waals surface area contributed by atoms with Crippen LogP contribution in [0.3, 0.4) is 0 Å². The number of hydrogen-bond donors (Lipinski definition) is 0. The van der Waals surface area contributed by atoms with Crippen LogP contribution < -0.4 is 0 Å². The lowest BCUT2D eigenvalue weighted by Gasteiger charge is -2.14. The molecule has 2 nitrogen and oxygen atoms in total. The number of esters is 1. The van der Waals surface area contributed by atoms with Gasteiger partial charge in [0.25, 0.3) is 0 Å². The molecule has 2 rings (SSSR count). The van der Waals surface area contributed by atoms with Crippen LogP contribution >= 0.6 is 0 Å². The molecule has 2 heteroatoms. The van der Waals surface area contributed by atoms with E-state index in [1.807, 2.05) is 18.2 Å². The van der Waals surface area contributed by atoms with Gasteiger partial charge in [-0.25, -0.2) is 4.79 Å². The Labute approximate surface area is 140 Å². The smallest absolute Gasteiger partial charge is 0.334 e. The highest BCUT2D eigenvalue weighted by atomic mass is 16.6. The van der Waals surface area contributed by atoms with Crippen LogP contribution in [0.4, 0.5) is 0 Å². The summed E-state index contributed by atoms with van der Waals surface area (Å²) in [5.41, 5.74) is 1.73. The SMILES string of the molecule is C=C1C(=O)O[C@H](CCCCCCCC)[C@@H]1/C=C/c1ccccc1. The summed E-state index contributed by atoms with van der Waals surface area (Å²) in [6, 6.07) is 10.1. The van der Waals surface area contributed by atoms with Gasteiger partial charge in [0.2, 0.25) is 0 Å². The number of rotatable bonds is 9. The molecule has 1 aliphatic rings. The summed E-state index contributed by atoms with van der Waals surface area (Å²) < 4.78 is 5.51. The monoisotopic (exact) mass is 312 g/mol. The zero-order chi connectivity index (χ0) is 16.5. The molecule has 0 radical (unpaired) electrons. The Morgan fingerprint density at radius 1 is 1.09 bits per heavy atom. The van der Waals surface area contributed by atoms with Crippen LogP contribution in [0.2, 0.25) is 0 Å². The highest BCUT2D eigenvalue weighted by molar-refractivity contribution is 5.91. The number of carbonyl (C=O) groups excluding carboxylic acids is 1. The number of benzene rings is 1. The molecule has 0 aliphatic carbocycles. The van der Waals surface area contributed by atoms with Crippen molar-refractivity contribution in [1.29, 1.82) is 0 Å². The first-order valence-corrected chi connectivity index (χ1v) is 8.85. The molecule has 23 heavy (non-hydrogen) atoms. The lowest BCUT2D eigenvalue weighted by Crippen LogP contribution is -2.14. The van der Waals surface area contributed by atoms with E-state index in [1.54, 1.807) is 0 Å². The fourth-order valence-electron chi connectivity index (χ4n) is 3.03. The minimum absolute atomic E-state index is 0.0124. The summed E-state index contributed by atoms with van der Waals surface area (Å²) in [6.07, 6.45) is 12.5. The van der Waals surface area contributed by atoms with Crippen LogP contribution in [0, 0.1) is 5.92 Å². The first-order chi connectivity index (χ1) is 11.2. The van der Waals surface area contributed by atoms with E-state index in [0.29, 0.717) is 5.57 Å². The zero-order valence-corrected chi connectivity index (χ0v) is 14.2. The van der Waals surface area contributed by atoms with Gasteiger partial charge in [-0.1, -0.05) is 88.1 Å². The third kappa shape index (κ3) is 5.38. The Morgan fingerprint density at radius 3 is 2.52 bits per heavy atom. The minimum Gasteiger partial charge on any atom is -0.458 e. The number of unbranched alkanes of at least 4 members (excludes halogenated alkanes) is 5. The van der Waals surface area contributed by atoms with Crippen LogP contribution in [-0.2, 0) is 9.53 Å². The van der Waals surface area contributed by atoms with Crippen molar-refractivity contribution in [3.63, 3.8) is 0 Å². The molecule has 1 saturated heterocycles. The third-order valence-electron chi connectivity index (χ3n) is 4.46. The van der Waals surface area contributed by atoms with E-state index in [9.17, 15) is 4.79 Å². The molecule has 2 atom stereocenters. The Kier molecular flexibility index (Phi) is 7.12. The van der Waals surface area contributed by atoms with Crippen molar-refractivity contribution in [3.8, 4) is 0 Å². The fraction of sp³-hybridized carbons (Fsp3) is 0.476. The maximum Gasteiger partial charge on any atom is 0.334 e. The van der Waals surface area contributed by atoms with Gasteiger partial charge in [-0.05, 0) is 18.4 Å². The lowest BCUT2D eigenvalue weighted by atomic mass is 9.92. The van der Waals surface area contributed by atoms with Crippen LogP contribution in [0.25, 0.3) is 6.08 Å². The number of carbonyl (C=O) groups is 1. The molecule has 1 fully saturated rings. The van der Waals surface area contributed by atoms with E-state index in [4.69, 9.17) is 4.74 Å². The molecule has 1 aromatic carbocycles. The Balaban J connectivity index is 1.86. The summed E-state index contributed by atoms with van der Waals surface area (Å²) in [6.45, 7) is 6.15. The standard InChI is InChI=1S/C21H28O2/c1-3-4-5-6-7-11-14-20-19(17(2)21(22)23-20)16-15-18-12-9-8-10-13-18/h8-10,12-13,15-16,19-20H,2-7,11,14H2,1H3/b16-15+/t19-,20-/m1/s1. The lowest BCUT2D eigenvalue weighted by molar-refractivity contribution is -0.139. The predicted molar refractivity (Wildman–Crippen MR) is 96.0 cm³/mol. The summed E-state index contributed by atoms with van der Waals surface area (Å²) >= 11 is 0. The average Bonchev–Trinajstić information content (AvgIpc) is 2.84. The molecule has 0 spiro atoms. The van der Waals surface area contributed by atoms with Crippen molar-refractivity contribution in [2.24, 2.45) is 5.92 Å². The van der Waals surface area contributed by atoms with Crippen LogP contribution in [0.15, 0.2) is 48.6 Å². The number of cyclic esters (lactones) is 1. The maximum atomic E-state index is 11.8. The molecule has 0 N–H and O–H groups in total. The molecule has 0 bridgehead atoms. The van der Waals surface area contributed by atoms with E-state index in [1.165, 1.54) is 32.1 Å². The third-order valence-corrected chi connectivity index (χ3v) is 4.46. The summed E-state index contributed by atoms with van der Waals surface area (Å²) in [4.78, 5) is 11.8. The van der Waals surface area contributed by atoms with Gasteiger partial charge in [0, 0.05) is 11.5 Å².